The number of halogens is 2. The molecule has 0 heterocycles. The van der Waals surface area contributed by atoms with E-state index >= 15 is 0 Å². The normalized spacial score (nSPS) is 10.5. The highest BCUT2D eigenvalue weighted by Gasteiger charge is 2.12. The van der Waals surface area contributed by atoms with Crippen molar-refractivity contribution in [3.8, 4) is 0 Å². The van der Waals surface area contributed by atoms with Crippen LogP contribution in [0.4, 0.5) is 20.2 Å². The number of thiocarbonyl (C=S) groups is 1. The minimum absolute atomic E-state index is 0.0122. The van der Waals surface area contributed by atoms with Crippen molar-refractivity contribution in [1.29, 1.82) is 0 Å². The number of hydrogen-bond acceptors (Lipinski definition) is 4. The zero-order chi connectivity index (χ0) is 16.8. The van der Waals surface area contributed by atoms with Crippen molar-refractivity contribution in [3.05, 3.63) is 69.8 Å². The van der Waals surface area contributed by atoms with Crippen LogP contribution >= 0.6 is 12.2 Å². The molecular formula is C14H10F2N4O2S. The van der Waals surface area contributed by atoms with Gasteiger partial charge in [-0.15, -0.1) is 0 Å². The highest BCUT2D eigenvalue weighted by Crippen LogP contribution is 2.22. The molecule has 2 rings (SSSR count). The molecule has 0 fully saturated rings. The van der Waals surface area contributed by atoms with Crippen LogP contribution in [-0.4, -0.2) is 16.3 Å². The van der Waals surface area contributed by atoms with Crippen molar-refractivity contribution in [3.63, 3.8) is 0 Å². The molecule has 0 bridgehead atoms. The summed E-state index contributed by atoms with van der Waals surface area (Å²) in [6.45, 7) is 0. The van der Waals surface area contributed by atoms with E-state index in [4.69, 9.17) is 12.2 Å². The molecule has 2 aromatic carbocycles. The molecule has 0 unspecified atom stereocenters. The predicted octanol–water partition coefficient (Wildman–Crippen LogP) is 3.19. The fraction of sp³-hybridized carbons (Fsp3) is 0. The topological polar surface area (TPSA) is 79.6 Å². The van der Waals surface area contributed by atoms with Gasteiger partial charge in [0.25, 0.3) is 5.69 Å². The Bertz CT molecular complexity index is 783. The largest absolute Gasteiger partial charge is 0.326 e. The number of nitrogens with one attached hydrogen (secondary N) is 2. The van der Waals surface area contributed by atoms with E-state index in [-0.39, 0.29) is 16.5 Å². The van der Waals surface area contributed by atoms with Crippen molar-refractivity contribution in [2.45, 2.75) is 0 Å². The summed E-state index contributed by atoms with van der Waals surface area (Å²) in [4.78, 5) is 10.3. The van der Waals surface area contributed by atoms with E-state index in [0.29, 0.717) is 5.56 Å². The summed E-state index contributed by atoms with van der Waals surface area (Å²) in [5.41, 5.74) is 2.82. The first-order valence-electron chi connectivity index (χ1n) is 6.26. The minimum atomic E-state index is -0.991. The van der Waals surface area contributed by atoms with Crippen LogP contribution in [0.3, 0.4) is 0 Å². The quantitative estimate of drug-likeness (QED) is 0.388. The third-order valence-corrected chi connectivity index (χ3v) is 2.87. The maximum absolute atomic E-state index is 13.0. The molecule has 0 aliphatic rings. The molecule has 23 heavy (non-hydrogen) atoms. The van der Waals surface area contributed by atoms with Crippen molar-refractivity contribution < 1.29 is 13.7 Å². The SMILES string of the molecule is O=[N+]([O-])c1ccccc1NC(=S)N/N=C\c1ccc(F)c(F)c1. The van der Waals surface area contributed by atoms with Crippen LogP contribution in [0.15, 0.2) is 47.6 Å². The lowest BCUT2D eigenvalue weighted by atomic mass is 10.2. The third kappa shape index (κ3) is 4.51. The van der Waals surface area contributed by atoms with Gasteiger partial charge >= 0.3 is 0 Å². The highest BCUT2D eigenvalue weighted by atomic mass is 32.1. The molecule has 2 aromatic rings. The lowest BCUT2D eigenvalue weighted by Gasteiger charge is -2.07. The fourth-order valence-corrected chi connectivity index (χ4v) is 1.81. The van der Waals surface area contributed by atoms with Gasteiger partial charge in [0.05, 0.1) is 11.1 Å². The summed E-state index contributed by atoms with van der Waals surface area (Å²) in [6.07, 6.45) is 1.23. The Morgan fingerprint density at radius 2 is 1.96 bits per heavy atom. The first-order valence-corrected chi connectivity index (χ1v) is 6.66. The van der Waals surface area contributed by atoms with Gasteiger partial charge < -0.3 is 5.32 Å². The molecule has 118 valence electrons. The van der Waals surface area contributed by atoms with Gasteiger partial charge in [-0.3, -0.25) is 15.5 Å². The van der Waals surface area contributed by atoms with Crippen LogP contribution in [0.1, 0.15) is 5.56 Å². The highest BCUT2D eigenvalue weighted by molar-refractivity contribution is 7.80. The van der Waals surface area contributed by atoms with E-state index in [2.05, 4.69) is 15.8 Å². The average Bonchev–Trinajstić information content (AvgIpc) is 2.51. The van der Waals surface area contributed by atoms with Gasteiger partial charge in [0.2, 0.25) is 0 Å². The number of para-hydroxylation sites is 2. The van der Waals surface area contributed by atoms with Crippen molar-refractivity contribution in [2.75, 3.05) is 5.32 Å². The van der Waals surface area contributed by atoms with E-state index in [1.54, 1.807) is 6.07 Å². The minimum Gasteiger partial charge on any atom is -0.326 e. The standard InChI is InChI=1S/C14H10F2N4O2S/c15-10-6-5-9(7-11(10)16)8-17-19-14(23)18-12-3-1-2-4-13(12)20(21)22/h1-8H,(H2,18,19,23)/b17-8-. The lowest BCUT2D eigenvalue weighted by molar-refractivity contribution is -0.383. The van der Waals surface area contributed by atoms with Gasteiger partial charge in [-0.05, 0) is 36.0 Å². The van der Waals surface area contributed by atoms with Crippen LogP contribution in [0.2, 0.25) is 0 Å². The van der Waals surface area contributed by atoms with Crippen molar-refractivity contribution in [2.24, 2.45) is 5.10 Å². The Kier molecular flexibility index (Phi) is 5.26. The first-order chi connectivity index (χ1) is 11.0. The molecule has 0 radical (unpaired) electrons. The Balaban J connectivity index is 1.99. The van der Waals surface area contributed by atoms with E-state index in [0.717, 1.165) is 12.1 Å². The second-order valence-electron chi connectivity index (χ2n) is 4.27. The van der Waals surface area contributed by atoms with Gasteiger partial charge in [-0.1, -0.05) is 18.2 Å². The summed E-state index contributed by atoms with van der Waals surface area (Å²) in [5.74, 6) is -1.95. The Labute approximate surface area is 135 Å². The van der Waals surface area contributed by atoms with Gasteiger partial charge in [-0.25, -0.2) is 8.78 Å². The maximum atomic E-state index is 13.0. The second-order valence-corrected chi connectivity index (χ2v) is 4.68. The number of hydrazone groups is 1. The molecular weight excluding hydrogens is 326 g/mol. The maximum Gasteiger partial charge on any atom is 0.292 e. The molecule has 0 saturated heterocycles. The smallest absolute Gasteiger partial charge is 0.292 e. The van der Waals surface area contributed by atoms with Crippen LogP contribution < -0.4 is 10.7 Å². The number of nitrogens with zero attached hydrogens (tertiary/aromatic N) is 2. The Hall–Kier alpha value is -2.94. The molecule has 6 nitrogen and oxygen atoms in total. The lowest BCUT2D eigenvalue weighted by Crippen LogP contribution is -2.24. The van der Waals surface area contributed by atoms with E-state index in [1.165, 1.54) is 30.5 Å². The van der Waals surface area contributed by atoms with E-state index < -0.39 is 16.6 Å². The van der Waals surface area contributed by atoms with Gasteiger partial charge in [0.15, 0.2) is 16.7 Å². The summed E-state index contributed by atoms with van der Waals surface area (Å²) in [7, 11) is 0. The molecule has 0 saturated carbocycles. The van der Waals surface area contributed by atoms with Crippen LogP contribution in [0.25, 0.3) is 0 Å². The van der Waals surface area contributed by atoms with E-state index in [1.807, 2.05) is 0 Å². The number of benzene rings is 2. The predicted molar refractivity (Wildman–Crippen MR) is 86.4 cm³/mol. The Morgan fingerprint density at radius 1 is 1.22 bits per heavy atom. The van der Waals surface area contributed by atoms with Crippen LogP contribution in [-0.2, 0) is 0 Å². The Morgan fingerprint density at radius 3 is 2.65 bits per heavy atom. The number of anilines is 1. The third-order valence-electron chi connectivity index (χ3n) is 2.67. The summed E-state index contributed by atoms with van der Waals surface area (Å²) < 4.78 is 25.8. The molecule has 0 aliphatic heterocycles. The van der Waals surface area contributed by atoms with Crippen molar-refractivity contribution in [1.82, 2.24) is 5.43 Å². The van der Waals surface area contributed by atoms with Gasteiger partial charge in [-0.2, -0.15) is 5.10 Å². The molecule has 0 amide bonds. The molecule has 0 spiro atoms. The summed E-state index contributed by atoms with van der Waals surface area (Å²) in [5, 5.41) is 17.3. The van der Waals surface area contributed by atoms with Crippen LogP contribution in [0.5, 0.6) is 0 Å². The summed E-state index contributed by atoms with van der Waals surface area (Å²) >= 11 is 4.95. The molecule has 0 aromatic heterocycles. The molecule has 2 N–H and O–H groups in total. The number of rotatable bonds is 4. The summed E-state index contributed by atoms with van der Waals surface area (Å²) in [6, 6.07) is 9.24. The fourth-order valence-electron chi connectivity index (χ4n) is 1.65. The molecule has 9 heteroatoms. The van der Waals surface area contributed by atoms with Crippen molar-refractivity contribution >= 4 is 34.9 Å². The van der Waals surface area contributed by atoms with Crippen LogP contribution in [0, 0.1) is 21.7 Å². The first kappa shape index (κ1) is 16.4. The second kappa shape index (κ2) is 7.36. The molecule has 0 atom stereocenters. The zero-order valence-corrected chi connectivity index (χ0v) is 12.3. The number of hydrogen-bond donors (Lipinski definition) is 2. The molecule has 0 aliphatic carbocycles. The van der Waals surface area contributed by atoms with E-state index in [9.17, 15) is 18.9 Å². The van der Waals surface area contributed by atoms with Gasteiger partial charge in [0, 0.05) is 6.07 Å². The monoisotopic (exact) mass is 336 g/mol. The number of nitro groups is 1. The average molecular weight is 336 g/mol. The van der Waals surface area contributed by atoms with Gasteiger partial charge in [0.1, 0.15) is 5.69 Å². The number of nitro benzene ring substituents is 1. The zero-order valence-electron chi connectivity index (χ0n) is 11.5.